The molecule has 4 rings (SSSR count). The minimum atomic E-state index is -0.0628. The molecule has 0 atom stereocenters. The van der Waals surface area contributed by atoms with Gasteiger partial charge in [-0.15, -0.1) is 0 Å². The summed E-state index contributed by atoms with van der Waals surface area (Å²) in [6, 6.07) is 9.38. The summed E-state index contributed by atoms with van der Waals surface area (Å²) in [4.78, 5) is 26.7. The molecule has 1 aliphatic carbocycles. The third-order valence-electron chi connectivity index (χ3n) is 5.32. The number of piperidine rings is 1. The van der Waals surface area contributed by atoms with Crippen molar-refractivity contribution in [2.45, 2.75) is 32.2 Å². The van der Waals surface area contributed by atoms with Crippen molar-refractivity contribution >= 4 is 29.2 Å². The number of anilines is 1. The molecule has 0 spiro atoms. The highest BCUT2D eigenvalue weighted by Crippen LogP contribution is 2.32. The highest BCUT2D eigenvalue weighted by atomic mass is 35.5. The van der Waals surface area contributed by atoms with Crippen LogP contribution in [0.4, 0.5) is 5.82 Å². The Bertz CT molecular complexity index is 821. The van der Waals surface area contributed by atoms with Crippen molar-refractivity contribution in [2.24, 2.45) is 11.8 Å². The molecule has 1 aliphatic heterocycles. The smallest absolute Gasteiger partial charge is 0.228 e. The number of likely N-dealkylation sites (tertiary alicyclic amines) is 1. The van der Waals surface area contributed by atoms with Crippen molar-refractivity contribution in [3.63, 3.8) is 0 Å². The predicted molar refractivity (Wildman–Crippen MR) is 103 cm³/mol. The average Bonchev–Trinajstić information content (AvgIpc) is 3.45. The lowest BCUT2D eigenvalue weighted by molar-refractivity contribution is -0.135. The first-order valence-electron chi connectivity index (χ1n) is 9.46. The molecule has 0 radical (unpaired) electrons. The van der Waals surface area contributed by atoms with Crippen LogP contribution in [0.5, 0.6) is 0 Å². The second kappa shape index (κ2) is 7.72. The summed E-state index contributed by atoms with van der Waals surface area (Å²) in [6.45, 7) is 1.92. The molecule has 2 heterocycles. The monoisotopic (exact) mass is 386 g/mol. The van der Waals surface area contributed by atoms with Crippen molar-refractivity contribution < 1.29 is 9.59 Å². The summed E-state index contributed by atoms with van der Waals surface area (Å²) in [5, 5.41) is 8.01. The number of halogens is 1. The lowest BCUT2D eigenvalue weighted by Crippen LogP contribution is -2.42. The first kappa shape index (κ1) is 18.0. The second-order valence-electron chi connectivity index (χ2n) is 7.36. The van der Waals surface area contributed by atoms with Gasteiger partial charge in [0.25, 0.3) is 0 Å². The topological polar surface area (TPSA) is 67.2 Å². The third-order valence-corrected chi connectivity index (χ3v) is 5.57. The Morgan fingerprint density at radius 1 is 1.04 bits per heavy atom. The molecule has 0 unspecified atom stereocenters. The molecular weight excluding hydrogens is 364 g/mol. The van der Waals surface area contributed by atoms with E-state index < -0.39 is 0 Å². The molecule has 1 saturated heterocycles. The summed E-state index contributed by atoms with van der Waals surface area (Å²) in [7, 11) is 0. The number of rotatable bonds is 5. The molecule has 2 amide bonds. The van der Waals surface area contributed by atoms with Crippen LogP contribution in [0.25, 0.3) is 0 Å². The van der Waals surface area contributed by atoms with Crippen molar-refractivity contribution in [1.29, 1.82) is 0 Å². The predicted octanol–water partition coefficient (Wildman–Crippen LogP) is 3.17. The molecule has 1 aromatic carbocycles. The van der Waals surface area contributed by atoms with E-state index in [1.165, 1.54) is 0 Å². The van der Waals surface area contributed by atoms with E-state index in [-0.39, 0.29) is 23.7 Å². The van der Waals surface area contributed by atoms with Gasteiger partial charge >= 0.3 is 0 Å². The van der Waals surface area contributed by atoms with E-state index in [1.807, 2.05) is 29.2 Å². The molecule has 2 fully saturated rings. The van der Waals surface area contributed by atoms with Crippen molar-refractivity contribution in [2.75, 3.05) is 18.4 Å². The van der Waals surface area contributed by atoms with Crippen LogP contribution >= 0.6 is 11.6 Å². The second-order valence-corrected chi connectivity index (χ2v) is 7.80. The first-order valence-corrected chi connectivity index (χ1v) is 9.84. The van der Waals surface area contributed by atoms with Crippen LogP contribution in [-0.2, 0) is 16.1 Å². The number of hydrogen-bond acceptors (Lipinski definition) is 3. The van der Waals surface area contributed by atoms with Crippen LogP contribution < -0.4 is 5.32 Å². The van der Waals surface area contributed by atoms with Gasteiger partial charge in [-0.2, -0.15) is 5.10 Å². The molecule has 142 valence electrons. The van der Waals surface area contributed by atoms with Gasteiger partial charge in [0, 0.05) is 36.0 Å². The Morgan fingerprint density at radius 3 is 2.41 bits per heavy atom. The maximum absolute atomic E-state index is 12.7. The first-order chi connectivity index (χ1) is 13.1. The van der Waals surface area contributed by atoms with Gasteiger partial charge in [0.1, 0.15) is 5.82 Å². The number of aromatic nitrogens is 2. The lowest BCUT2D eigenvalue weighted by Gasteiger charge is -2.31. The minimum Gasteiger partial charge on any atom is -0.342 e. The largest absolute Gasteiger partial charge is 0.342 e. The van der Waals surface area contributed by atoms with Gasteiger partial charge in [0.2, 0.25) is 11.8 Å². The fourth-order valence-corrected chi connectivity index (χ4v) is 3.63. The Morgan fingerprint density at radius 2 is 1.74 bits per heavy atom. The van der Waals surface area contributed by atoms with Crippen LogP contribution in [0.3, 0.4) is 0 Å². The molecule has 2 aliphatic rings. The van der Waals surface area contributed by atoms with E-state index in [0.29, 0.717) is 30.5 Å². The highest BCUT2D eigenvalue weighted by molar-refractivity contribution is 6.30. The van der Waals surface area contributed by atoms with Crippen LogP contribution in [0.1, 0.15) is 31.2 Å². The fraction of sp³-hybridized carbons (Fsp3) is 0.450. The fourth-order valence-electron chi connectivity index (χ4n) is 3.51. The lowest BCUT2D eigenvalue weighted by atomic mass is 9.95. The summed E-state index contributed by atoms with van der Waals surface area (Å²) in [5.41, 5.74) is 1.06. The van der Waals surface area contributed by atoms with Crippen molar-refractivity contribution in [3.8, 4) is 0 Å². The maximum atomic E-state index is 12.7. The van der Waals surface area contributed by atoms with Gasteiger partial charge in [-0.3, -0.25) is 9.59 Å². The molecule has 7 heteroatoms. The van der Waals surface area contributed by atoms with Crippen LogP contribution in [0.15, 0.2) is 36.5 Å². The number of amides is 2. The molecule has 6 nitrogen and oxygen atoms in total. The van der Waals surface area contributed by atoms with Crippen molar-refractivity contribution in [1.82, 2.24) is 14.7 Å². The molecular formula is C20H23ClN4O2. The Hall–Kier alpha value is -2.34. The van der Waals surface area contributed by atoms with E-state index in [4.69, 9.17) is 11.6 Å². The van der Waals surface area contributed by atoms with Gasteiger partial charge in [-0.1, -0.05) is 23.7 Å². The van der Waals surface area contributed by atoms with E-state index in [9.17, 15) is 9.59 Å². The van der Waals surface area contributed by atoms with E-state index in [0.717, 1.165) is 31.2 Å². The standard InChI is InChI=1S/C20H23ClN4O2/c21-17-5-1-14(2-6-17)13-25-18(7-10-22-25)23-19(26)15-8-11-24(12-9-15)20(27)16-3-4-16/h1-2,5-7,10,15-16H,3-4,8-9,11-13H2,(H,23,26). The average molecular weight is 387 g/mol. The number of carbonyl (C=O) groups excluding carboxylic acids is 2. The summed E-state index contributed by atoms with van der Waals surface area (Å²) >= 11 is 5.93. The van der Waals surface area contributed by atoms with E-state index in [2.05, 4.69) is 10.4 Å². The van der Waals surface area contributed by atoms with Crippen LogP contribution in [0.2, 0.25) is 5.02 Å². The Labute approximate surface area is 163 Å². The molecule has 1 N–H and O–H groups in total. The molecule has 1 aromatic heterocycles. The van der Waals surface area contributed by atoms with Crippen LogP contribution in [0, 0.1) is 11.8 Å². The third kappa shape index (κ3) is 4.33. The Balaban J connectivity index is 1.33. The number of hydrogen-bond donors (Lipinski definition) is 1. The number of benzene rings is 1. The zero-order valence-corrected chi connectivity index (χ0v) is 15.9. The normalized spacial score (nSPS) is 17.7. The molecule has 27 heavy (non-hydrogen) atoms. The molecule has 1 saturated carbocycles. The number of nitrogens with zero attached hydrogens (tertiary/aromatic N) is 3. The van der Waals surface area contributed by atoms with Gasteiger partial charge in [0.05, 0.1) is 12.7 Å². The SMILES string of the molecule is O=C(Nc1ccnn1Cc1ccc(Cl)cc1)C1CCN(C(=O)C2CC2)CC1. The van der Waals surface area contributed by atoms with Gasteiger partial charge < -0.3 is 10.2 Å². The summed E-state index contributed by atoms with van der Waals surface area (Å²) in [5.74, 6) is 1.15. The van der Waals surface area contributed by atoms with Gasteiger partial charge in [-0.25, -0.2) is 4.68 Å². The highest BCUT2D eigenvalue weighted by Gasteiger charge is 2.36. The number of nitrogens with one attached hydrogen (secondary N) is 1. The van der Waals surface area contributed by atoms with Gasteiger partial charge in [0.15, 0.2) is 0 Å². The van der Waals surface area contributed by atoms with Crippen LogP contribution in [-0.4, -0.2) is 39.6 Å². The van der Waals surface area contributed by atoms with E-state index in [1.54, 1.807) is 16.9 Å². The minimum absolute atomic E-state index is 0.00590. The zero-order chi connectivity index (χ0) is 18.8. The zero-order valence-electron chi connectivity index (χ0n) is 15.1. The molecule has 2 aromatic rings. The van der Waals surface area contributed by atoms with Crippen molar-refractivity contribution in [3.05, 3.63) is 47.1 Å². The quantitative estimate of drug-likeness (QED) is 0.858. The Kier molecular flexibility index (Phi) is 5.16. The van der Waals surface area contributed by atoms with Gasteiger partial charge in [-0.05, 0) is 43.4 Å². The maximum Gasteiger partial charge on any atom is 0.228 e. The molecule has 0 bridgehead atoms. The van der Waals surface area contributed by atoms with E-state index >= 15 is 0 Å². The summed E-state index contributed by atoms with van der Waals surface area (Å²) < 4.78 is 1.77. The summed E-state index contributed by atoms with van der Waals surface area (Å²) in [6.07, 6.45) is 5.17. The number of carbonyl (C=O) groups is 2.